The SMILES string of the molecule is COc1ccc(NC(=O)N2CCCCC2Cc2ccccc2)cc1OC. The number of likely N-dealkylation sites (tertiary alicyclic amines) is 1. The van der Waals surface area contributed by atoms with Gasteiger partial charge in [0.05, 0.1) is 14.2 Å². The highest BCUT2D eigenvalue weighted by Gasteiger charge is 2.27. The highest BCUT2D eigenvalue weighted by atomic mass is 16.5. The van der Waals surface area contributed by atoms with Crippen LogP contribution < -0.4 is 14.8 Å². The number of hydrogen-bond acceptors (Lipinski definition) is 3. The van der Waals surface area contributed by atoms with Gasteiger partial charge in [-0.25, -0.2) is 4.79 Å². The predicted molar refractivity (Wildman–Crippen MR) is 103 cm³/mol. The number of ether oxygens (including phenoxy) is 2. The maximum absolute atomic E-state index is 12.9. The van der Waals surface area contributed by atoms with E-state index in [1.165, 1.54) is 5.56 Å². The molecule has 1 aliphatic heterocycles. The van der Waals surface area contributed by atoms with Gasteiger partial charge in [0.15, 0.2) is 11.5 Å². The maximum atomic E-state index is 12.9. The second-order valence-corrected chi connectivity index (χ2v) is 6.53. The van der Waals surface area contributed by atoms with E-state index < -0.39 is 0 Å². The Morgan fingerprint density at radius 3 is 2.58 bits per heavy atom. The average molecular weight is 354 g/mol. The molecule has 0 aromatic heterocycles. The van der Waals surface area contributed by atoms with Crippen molar-refractivity contribution in [3.63, 3.8) is 0 Å². The zero-order valence-corrected chi connectivity index (χ0v) is 15.4. The lowest BCUT2D eigenvalue weighted by Gasteiger charge is -2.36. The Morgan fingerprint density at radius 1 is 1.08 bits per heavy atom. The van der Waals surface area contributed by atoms with Gasteiger partial charge in [-0.15, -0.1) is 0 Å². The van der Waals surface area contributed by atoms with E-state index in [4.69, 9.17) is 9.47 Å². The lowest BCUT2D eigenvalue weighted by atomic mass is 9.96. The number of urea groups is 1. The Bertz CT molecular complexity index is 733. The summed E-state index contributed by atoms with van der Waals surface area (Å²) in [6.07, 6.45) is 4.14. The lowest BCUT2D eigenvalue weighted by molar-refractivity contribution is 0.162. The first kappa shape index (κ1) is 18.1. The second kappa shape index (κ2) is 8.61. The third-order valence-electron chi connectivity index (χ3n) is 4.84. The Balaban J connectivity index is 1.70. The number of methoxy groups -OCH3 is 2. The van der Waals surface area contributed by atoms with E-state index in [2.05, 4.69) is 17.4 Å². The van der Waals surface area contributed by atoms with Crippen LogP contribution in [0.1, 0.15) is 24.8 Å². The van der Waals surface area contributed by atoms with Crippen molar-refractivity contribution in [2.45, 2.75) is 31.7 Å². The molecule has 0 radical (unpaired) electrons. The van der Waals surface area contributed by atoms with Gasteiger partial charge in [0.1, 0.15) is 0 Å². The van der Waals surface area contributed by atoms with Gasteiger partial charge in [0.2, 0.25) is 0 Å². The smallest absolute Gasteiger partial charge is 0.322 e. The molecule has 1 heterocycles. The largest absolute Gasteiger partial charge is 0.493 e. The first-order chi connectivity index (χ1) is 12.7. The van der Waals surface area contributed by atoms with Crippen LogP contribution in [0.5, 0.6) is 11.5 Å². The molecule has 1 unspecified atom stereocenters. The Hall–Kier alpha value is -2.69. The van der Waals surface area contributed by atoms with Gasteiger partial charge in [-0.2, -0.15) is 0 Å². The van der Waals surface area contributed by atoms with Crippen LogP contribution in [-0.2, 0) is 6.42 Å². The minimum absolute atomic E-state index is 0.0575. The summed E-state index contributed by atoms with van der Waals surface area (Å²) in [6, 6.07) is 15.9. The van der Waals surface area contributed by atoms with Crippen molar-refractivity contribution in [1.29, 1.82) is 0 Å². The third-order valence-corrected chi connectivity index (χ3v) is 4.84. The van der Waals surface area contributed by atoms with Gasteiger partial charge in [-0.3, -0.25) is 0 Å². The molecule has 1 aliphatic rings. The monoisotopic (exact) mass is 354 g/mol. The highest BCUT2D eigenvalue weighted by Crippen LogP contribution is 2.30. The van der Waals surface area contributed by atoms with E-state index in [-0.39, 0.29) is 12.1 Å². The number of carbonyl (C=O) groups excluding carboxylic acids is 1. The fourth-order valence-electron chi connectivity index (χ4n) is 3.48. The normalized spacial score (nSPS) is 16.8. The minimum atomic E-state index is -0.0575. The standard InChI is InChI=1S/C21H26N2O3/c1-25-19-12-11-17(15-20(19)26-2)22-21(24)23-13-7-6-10-18(23)14-16-8-4-3-5-9-16/h3-5,8-9,11-12,15,18H,6-7,10,13-14H2,1-2H3,(H,22,24). The van der Waals surface area contributed by atoms with Crippen molar-refractivity contribution in [3.05, 3.63) is 54.1 Å². The van der Waals surface area contributed by atoms with E-state index in [1.807, 2.05) is 29.2 Å². The summed E-state index contributed by atoms with van der Waals surface area (Å²) in [5.41, 5.74) is 1.97. The molecular formula is C21H26N2O3. The topological polar surface area (TPSA) is 50.8 Å². The van der Waals surface area contributed by atoms with Crippen LogP contribution in [0.25, 0.3) is 0 Å². The van der Waals surface area contributed by atoms with Crippen molar-refractivity contribution in [1.82, 2.24) is 4.90 Å². The minimum Gasteiger partial charge on any atom is -0.493 e. The van der Waals surface area contributed by atoms with E-state index in [1.54, 1.807) is 26.4 Å². The predicted octanol–water partition coefficient (Wildman–Crippen LogP) is 4.33. The fraction of sp³-hybridized carbons (Fsp3) is 0.381. The molecule has 2 aromatic rings. The quantitative estimate of drug-likeness (QED) is 0.869. The molecule has 5 heteroatoms. The average Bonchev–Trinajstić information content (AvgIpc) is 2.69. The molecule has 1 saturated heterocycles. The Labute approximate surface area is 154 Å². The van der Waals surface area contributed by atoms with Gasteiger partial charge >= 0.3 is 6.03 Å². The molecule has 1 N–H and O–H groups in total. The van der Waals surface area contributed by atoms with Gasteiger partial charge in [0.25, 0.3) is 0 Å². The van der Waals surface area contributed by atoms with Crippen molar-refractivity contribution in [2.24, 2.45) is 0 Å². The molecule has 2 amide bonds. The van der Waals surface area contributed by atoms with Crippen molar-refractivity contribution in [2.75, 3.05) is 26.1 Å². The number of nitrogens with zero attached hydrogens (tertiary/aromatic N) is 1. The molecule has 0 saturated carbocycles. The number of hydrogen-bond donors (Lipinski definition) is 1. The van der Waals surface area contributed by atoms with Crippen molar-refractivity contribution < 1.29 is 14.3 Å². The third kappa shape index (κ3) is 4.28. The molecule has 2 aromatic carbocycles. The Kier molecular flexibility index (Phi) is 6.00. The van der Waals surface area contributed by atoms with Gasteiger partial charge in [-0.05, 0) is 43.4 Å². The van der Waals surface area contributed by atoms with Crippen LogP contribution in [0.15, 0.2) is 48.5 Å². The number of piperidine rings is 1. The molecule has 0 spiro atoms. The highest BCUT2D eigenvalue weighted by molar-refractivity contribution is 5.90. The van der Waals surface area contributed by atoms with Crippen LogP contribution in [0.2, 0.25) is 0 Å². The van der Waals surface area contributed by atoms with Crippen LogP contribution in [0.4, 0.5) is 10.5 Å². The van der Waals surface area contributed by atoms with E-state index in [9.17, 15) is 4.79 Å². The van der Waals surface area contributed by atoms with Crippen LogP contribution in [0.3, 0.4) is 0 Å². The van der Waals surface area contributed by atoms with E-state index in [0.29, 0.717) is 17.2 Å². The zero-order chi connectivity index (χ0) is 18.4. The lowest BCUT2D eigenvalue weighted by Crippen LogP contribution is -2.46. The summed E-state index contributed by atoms with van der Waals surface area (Å²) >= 11 is 0. The van der Waals surface area contributed by atoms with Gasteiger partial charge in [0, 0.05) is 24.3 Å². The van der Waals surface area contributed by atoms with Gasteiger partial charge < -0.3 is 19.7 Å². The fourth-order valence-corrected chi connectivity index (χ4v) is 3.48. The van der Waals surface area contributed by atoms with Crippen LogP contribution in [0, 0.1) is 0 Å². The summed E-state index contributed by atoms with van der Waals surface area (Å²) in [7, 11) is 3.18. The zero-order valence-electron chi connectivity index (χ0n) is 15.4. The summed E-state index contributed by atoms with van der Waals surface area (Å²) in [6.45, 7) is 0.788. The van der Waals surface area contributed by atoms with E-state index >= 15 is 0 Å². The van der Waals surface area contributed by atoms with Crippen molar-refractivity contribution >= 4 is 11.7 Å². The number of benzene rings is 2. The molecule has 138 valence electrons. The van der Waals surface area contributed by atoms with Gasteiger partial charge in [-0.1, -0.05) is 30.3 Å². The molecule has 5 nitrogen and oxygen atoms in total. The molecule has 0 aliphatic carbocycles. The number of carbonyl (C=O) groups is 1. The first-order valence-corrected chi connectivity index (χ1v) is 9.05. The summed E-state index contributed by atoms with van der Waals surface area (Å²) < 4.78 is 10.6. The van der Waals surface area contributed by atoms with Crippen LogP contribution in [-0.4, -0.2) is 37.7 Å². The molecule has 3 rings (SSSR count). The molecule has 1 atom stereocenters. The molecular weight excluding hydrogens is 328 g/mol. The summed E-state index contributed by atoms with van der Waals surface area (Å²) in [5, 5.41) is 3.00. The van der Waals surface area contributed by atoms with Crippen molar-refractivity contribution in [3.8, 4) is 11.5 Å². The number of amides is 2. The molecule has 26 heavy (non-hydrogen) atoms. The molecule has 1 fully saturated rings. The van der Waals surface area contributed by atoms with Crippen LogP contribution >= 0.6 is 0 Å². The number of nitrogens with one attached hydrogen (secondary N) is 1. The number of rotatable bonds is 5. The summed E-state index contributed by atoms with van der Waals surface area (Å²) in [4.78, 5) is 14.8. The molecule has 0 bridgehead atoms. The second-order valence-electron chi connectivity index (χ2n) is 6.53. The maximum Gasteiger partial charge on any atom is 0.322 e. The summed E-state index contributed by atoms with van der Waals surface area (Å²) in [5.74, 6) is 1.25. The first-order valence-electron chi connectivity index (χ1n) is 9.05. The Morgan fingerprint density at radius 2 is 1.85 bits per heavy atom. The number of anilines is 1. The van der Waals surface area contributed by atoms with E-state index in [0.717, 1.165) is 32.2 Å².